The molecule has 0 N–H and O–H groups in total. The van der Waals surface area contributed by atoms with Crippen molar-refractivity contribution in [2.75, 3.05) is 39.4 Å². The Kier molecular flexibility index (Phi) is 4.35. The van der Waals surface area contributed by atoms with Crippen LogP contribution in [0.25, 0.3) is 0 Å². The van der Waals surface area contributed by atoms with Crippen molar-refractivity contribution in [3.8, 4) is 0 Å². The number of likely N-dealkylation sites (tertiary alicyclic amines) is 2. The van der Waals surface area contributed by atoms with Crippen LogP contribution in [0.4, 0.5) is 0 Å². The second kappa shape index (κ2) is 6.48. The summed E-state index contributed by atoms with van der Waals surface area (Å²) in [5.74, 6) is 0.270. The molecule has 3 fully saturated rings. The molecule has 0 aliphatic carbocycles. The molecule has 0 unspecified atom stereocenters. The summed E-state index contributed by atoms with van der Waals surface area (Å²) in [4.78, 5) is 30.6. The third-order valence-electron chi connectivity index (χ3n) is 5.87. The predicted molar refractivity (Wildman–Crippen MR) is 92.0 cm³/mol. The molecule has 4 heterocycles. The molecule has 5 nitrogen and oxygen atoms in total. The summed E-state index contributed by atoms with van der Waals surface area (Å²) >= 11 is 1.48. The van der Waals surface area contributed by atoms with E-state index in [4.69, 9.17) is 4.74 Å². The number of nitrogens with zero attached hydrogens (tertiary/aromatic N) is 2. The highest BCUT2D eigenvalue weighted by Gasteiger charge is 2.52. The van der Waals surface area contributed by atoms with Crippen molar-refractivity contribution in [3.63, 3.8) is 0 Å². The van der Waals surface area contributed by atoms with Crippen molar-refractivity contribution >= 4 is 23.2 Å². The Balaban J connectivity index is 1.58. The van der Waals surface area contributed by atoms with Gasteiger partial charge in [-0.05, 0) is 37.1 Å². The number of rotatable bonds is 2. The average Bonchev–Trinajstić information content (AvgIpc) is 3.35. The van der Waals surface area contributed by atoms with Gasteiger partial charge in [0.15, 0.2) is 0 Å². The number of ether oxygens (including phenoxy) is 1. The molecule has 6 heteroatoms. The maximum absolute atomic E-state index is 13.1. The Hall–Kier alpha value is -1.40. The molecule has 1 aromatic heterocycles. The molecular formula is C18H24N2O3S. The molecule has 4 rings (SSSR count). The van der Waals surface area contributed by atoms with E-state index in [-0.39, 0.29) is 23.1 Å². The number of carbonyl (C=O) groups is 2. The molecule has 2 amide bonds. The standard InChI is InChI=1S/C18H24N2O3S/c21-16(19-7-1-2-8-19)14-12-20(17(22)15-4-3-11-24-15)13-18(14)5-9-23-10-6-18/h3-4,11,14H,1-2,5-10,12-13H2/t14-/m1/s1. The van der Waals surface area contributed by atoms with E-state index in [1.54, 1.807) is 0 Å². The van der Waals surface area contributed by atoms with E-state index < -0.39 is 0 Å². The first kappa shape index (κ1) is 16.1. The number of thiophene rings is 1. The van der Waals surface area contributed by atoms with Gasteiger partial charge in [0.05, 0.1) is 10.8 Å². The highest BCUT2D eigenvalue weighted by Crippen LogP contribution is 2.45. The Bertz CT molecular complexity index is 604. The molecule has 0 bridgehead atoms. The van der Waals surface area contributed by atoms with Crippen molar-refractivity contribution in [1.82, 2.24) is 9.80 Å². The minimum absolute atomic E-state index is 0.0663. The predicted octanol–water partition coefficient (Wildman–Crippen LogP) is 2.24. The lowest BCUT2D eigenvalue weighted by atomic mass is 9.71. The van der Waals surface area contributed by atoms with Gasteiger partial charge in [0, 0.05) is 44.8 Å². The van der Waals surface area contributed by atoms with Crippen molar-refractivity contribution < 1.29 is 14.3 Å². The van der Waals surface area contributed by atoms with Gasteiger partial charge in [-0.15, -0.1) is 11.3 Å². The van der Waals surface area contributed by atoms with E-state index in [1.165, 1.54) is 11.3 Å². The van der Waals surface area contributed by atoms with Crippen LogP contribution in [0.5, 0.6) is 0 Å². The van der Waals surface area contributed by atoms with Crippen molar-refractivity contribution in [3.05, 3.63) is 22.4 Å². The second-order valence-electron chi connectivity index (χ2n) is 7.22. The van der Waals surface area contributed by atoms with Crippen LogP contribution >= 0.6 is 11.3 Å². The van der Waals surface area contributed by atoms with Gasteiger partial charge >= 0.3 is 0 Å². The lowest BCUT2D eigenvalue weighted by molar-refractivity contribution is -0.139. The minimum Gasteiger partial charge on any atom is -0.381 e. The van der Waals surface area contributed by atoms with Gasteiger partial charge in [-0.25, -0.2) is 0 Å². The van der Waals surface area contributed by atoms with E-state index >= 15 is 0 Å². The summed E-state index contributed by atoms with van der Waals surface area (Å²) in [6, 6.07) is 3.78. The van der Waals surface area contributed by atoms with Crippen LogP contribution in [0.3, 0.4) is 0 Å². The smallest absolute Gasteiger partial charge is 0.263 e. The monoisotopic (exact) mass is 348 g/mol. The van der Waals surface area contributed by atoms with E-state index in [0.29, 0.717) is 26.3 Å². The fourth-order valence-corrected chi connectivity index (χ4v) is 5.15. The first-order valence-electron chi connectivity index (χ1n) is 8.89. The van der Waals surface area contributed by atoms with E-state index in [9.17, 15) is 9.59 Å². The Labute approximate surface area is 146 Å². The fourth-order valence-electron chi connectivity index (χ4n) is 4.46. The second-order valence-corrected chi connectivity index (χ2v) is 8.17. The third-order valence-corrected chi connectivity index (χ3v) is 6.73. The third kappa shape index (κ3) is 2.75. The van der Waals surface area contributed by atoms with Crippen LogP contribution in [0, 0.1) is 11.3 Å². The van der Waals surface area contributed by atoms with Gasteiger partial charge in [-0.3, -0.25) is 9.59 Å². The zero-order valence-electron chi connectivity index (χ0n) is 13.9. The van der Waals surface area contributed by atoms with Gasteiger partial charge < -0.3 is 14.5 Å². The lowest BCUT2D eigenvalue weighted by Crippen LogP contribution is -2.45. The molecule has 0 radical (unpaired) electrons. The maximum atomic E-state index is 13.1. The molecule has 1 aromatic rings. The molecule has 3 saturated heterocycles. The number of carbonyl (C=O) groups excluding carboxylic acids is 2. The summed E-state index contributed by atoms with van der Waals surface area (Å²) in [6.07, 6.45) is 3.97. The van der Waals surface area contributed by atoms with Gasteiger partial charge in [0.2, 0.25) is 5.91 Å². The maximum Gasteiger partial charge on any atom is 0.263 e. The highest BCUT2D eigenvalue weighted by molar-refractivity contribution is 7.12. The van der Waals surface area contributed by atoms with Crippen LogP contribution in [0.1, 0.15) is 35.4 Å². The largest absolute Gasteiger partial charge is 0.381 e. The first-order valence-corrected chi connectivity index (χ1v) is 9.77. The van der Waals surface area contributed by atoms with E-state index in [0.717, 1.165) is 43.6 Å². The summed E-state index contributed by atoms with van der Waals surface area (Å²) in [6.45, 7) is 4.40. The van der Waals surface area contributed by atoms with Gasteiger partial charge in [-0.1, -0.05) is 6.07 Å². The van der Waals surface area contributed by atoms with E-state index in [2.05, 4.69) is 0 Å². The SMILES string of the molecule is O=C(c1cccs1)N1C[C@H](C(=O)N2CCCC2)C2(CCOCC2)C1. The molecule has 0 saturated carbocycles. The molecule has 130 valence electrons. The number of hydrogen-bond acceptors (Lipinski definition) is 4. The van der Waals surface area contributed by atoms with Crippen molar-refractivity contribution in [2.24, 2.45) is 11.3 Å². The van der Waals surface area contributed by atoms with E-state index in [1.807, 2.05) is 27.3 Å². The fraction of sp³-hybridized carbons (Fsp3) is 0.667. The number of hydrogen-bond donors (Lipinski definition) is 0. The van der Waals surface area contributed by atoms with Crippen LogP contribution in [0.2, 0.25) is 0 Å². The van der Waals surface area contributed by atoms with Gasteiger partial charge in [0.25, 0.3) is 5.91 Å². The average molecular weight is 348 g/mol. The van der Waals surface area contributed by atoms with Gasteiger partial charge in [-0.2, -0.15) is 0 Å². The summed E-state index contributed by atoms with van der Waals surface area (Å²) in [7, 11) is 0. The zero-order chi connectivity index (χ0) is 16.6. The van der Waals surface area contributed by atoms with Crippen LogP contribution in [0.15, 0.2) is 17.5 Å². The minimum atomic E-state index is -0.0924. The van der Waals surface area contributed by atoms with Gasteiger partial charge in [0.1, 0.15) is 0 Å². The molecule has 0 aromatic carbocycles. The topological polar surface area (TPSA) is 49.9 Å². The van der Waals surface area contributed by atoms with Crippen LogP contribution in [-0.4, -0.2) is 61.0 Å². The van der Waals surface area contributed by atoms with Crippen molar-refractivity contribution in [2.45, 2.75) is 25.7 Å². The summed E-state index contributed by atoms with van der Waals surface area (Å²) in [5.41, 5.74) is -0.0924. The highest BCUT2D eigenvalue weighted by atomic mass is 32.1. The summed E-state index contributed by atoms with van der Waals surface area (Å²) < 4.78 is 5.55. The molecule has 24 heavy (non-hydrogen) atoms. The Morgan fingerprint density at radius 3 is 2.58 bits per heavy atom. The van der Waals surface area contributed by atoms with Crippen LogP contribution in [-0.2, 0) is 9.53 Å². The lowest BCUT2D eigenvalue weighted by Gasteiger charge is -2.38. The number of amides is 2. The summed E-state index contributed by atoms with van der Waals surface area (Å²) in [5, 5.41) is 1.93. The molecule has 1 atom stereocenters. The Morgan fingerprint density at radius 1 is 1.17 bits per heavy atom. The Morgan fingerprint density at radius 2 is 1.92 bits per heavy atom. The molecule has 3 aliphatic rings. The molecule has 3 aliphatic heterocycles. The molecule has 1 spiro atoms. The van der Waals surface area contributed by atoms with Crippen molar-refractivity contribution in [1.29, 1.82) is 0 Å². The molecular weight excluding hydrogens is 324 g/mol. The van der Waals surface area contributed by atoms with Crippen LogP contribution < -0.4 is 0 Å². The normalized spacial score (nSPS) is 26.2. The first-order chi connectivity index (χ1) is 11.7. The zero-order valence-corrected chi connectivity index (χ0v) is 14.7. The quantitative estimate of drug-likeness (QED) is 0.824.